The molecular formula is C11H7Cl3N2O5S2. The summed E-state index contributed by atoms with van der Waals surface area (Å²) < 4.78 is 33.2. The highest BCUT2D eigenvalue weighted by molar-refractivity contribution is 7.87. The molecule has 124 valence electrons. The Balaban J connectivity index is 2.55. The molecule has 2 N–H and O–H groups in total. The molecule has 0 radical (unpaired) electrons. The van der Waals surface area contributed by atoms with Gasteiger partial charge < -0.3 is 5.11 Å². The van der Waals surface area contributed by atoms with Crippen LogP contribution in [0.1, 0.15) is 16.1 Å². The molecule has 23 heavy (non-hydrogen) atoms. The van der Waals surface area contributed by atoms with Crippen molar-refractivity contribution in [2.24, 2.45) is 0 Å². The number of nitrogens with zero attached hydrogens (tertiary/aromatic N) is 2. The molecule has 2 aromatic rings. The first-order valence-corrected chi connectivity index (χ1v) is 9.07. The van der Waals surface area contributed by atoms with Gasteiger partial charge in [-0.3, -0.25) is 4.55 Å². The number of thiazole rings is 1. The minimum Gasteiger partial charge on any atom is -0.476 e. The van der Waals surface area contributed by atoms with Crippen LogP contribution in [0.5, 0.6) is 0 Å². The molecule has 1 heterocycles. The highest BCUT2D eigenvalue weighted by atomic mass is 35.5. The average Bonchev–Trinajstić information content (AvgIpc) is 2.88. The Morgan fingerprint density at radius 1 is 1.30 bits per heavy atom. The summed E-state index contributed by atoms with van der Waals surface area (Å²) in [6, 6.07) is 2.72. The van der Waals surface area contributed by atoms with Gasteiger partial charge in [0, 0.05) is 5.02 Å². The lowest BCUT2D eigenvalue weighted by Gasteiger charge is -2.20. The van der Waals surface area contributed by atoms with Crippen molar-refractivity contribution in [3.05, 3.63) is 44.0 Å². The normalized spacial score (nSPS) is 11.5. The lowest BCUT2D eigenvalue weighted by Crippen LogP contribution is -2.30. The highest BCUT2D eigenvalue weighted by Crippen LogP contribution is 2.34. The van der Waals surface area contributed by atoms with Crippen molar-refractivity contribution < 1.29 is 22.9 Å². The predicted octanol–water partition coefficient (Wildman–Crippen LogP) is 3.61. The van der Waals surface area contributed by atoms with E-state index in [4.69, 9.17) is 39.9 Å². The van der Waals surface area contributed by atoms with Crippen molar-refractivity contribution in [1.82, 2.24) is 4.98 Å². The predicted molar refractivity (Wildman–Crippen MR) is 88.3 cm³/mol. The smallest absolute Gasteiger partial charge is 0.360 e. The van der Waals surface area contributed by atoms with E-state index in [1.54, 1.807) is 0 Å². The number of carboxylic acid groups (broad SMARTS) is 1. The molecule has 7 nitrogen and oxygen atoms in total. The molecule has 0 aliphatic rings. The highest BCUT2D eigenvalue weighted by Gasteiger charge is 2.28. The van der Waals surface area contributed by atoms with Crippen LogP contribution in [0.25, 0.3) is 0 Å². The maximum Gasteiger partial charge on any atom is 0.360 e. The number of aromatic carboxylic acids is 1. The summed E-state index contributed by atoms with van der Waals surface area (Å²) in [5.41, 5.74) is 0.812. The first-order chi connectivity index (χ1) is 10.6. The topological polar surface area (TPSA) is 108 Å². The Morgan fingerprint density at radius 2 is 1.96 bits per heavy atom. The molecule has 0 bridgehead atoms. The summed E-state index contributed by atoms with van der Waals surface area (Å²) in [5.74, 6) is -1.44. The largest absolute Gasteiger partial charge is 0.476 e. The van der Waals surface area contributed by atoms with Crippen LogP contribution in [0.2, 0.25) is 15.1 Å². The molecule has 0 amide bonds. The summed E-state index contributed by atoms with van der Waals surface area (Å²) in [5, 5.41) is 9.10. The fourth-order valence-electron chi connectivity index (χ4n) is 1.70. The fourth-order valence-corrected chi connectivity index (χ4v) is 4.11. The zero-order chi connectivity index (χ0) is 17.4. The Hall–Kier alpha value is -1.10. The van der Waals surface area contributed by atoms with E-state index in [1.807, 2.05) is 0 Å². The van der Waals surface area contributed by atoms with Crippen LogP contribution in [0, 0.1) is 0 Å². The molecule has 0 aliphatic heterocycles. The minimum absolute atomic E-state index is 0.0334. The third kappa shape index (κ3) is 4.06. The number of benzene rings is 1. The maximum absolute atomic E-state index is 11.6. The van der Waals surface area contributed by atoms with Crippen LogP contribution in [0.15, 0.2) is 17.6 Å². The molecular weight excluding hydrogens is 411 g/mol. The molecule has 12 heteroatoms. The van der Waals surface area contributed by atoms with Crippen molar-refractivity contribution >= 4 is 67.4 Å². The lowest BCUT2D eigenvalue weighted by atomic mass is 10.2. The quantitative estimate of drug-likeness (QED) is 0.568. The zero-order valence-corrected chi connectivity index (χ0v) is 14.8. The molecule has 1 aromatic heterocycles. The monoisotopic (exact) mass is 416 g/mol. The van der Waals surface area contributed by atoms with E-state index in [2.05, 4.69) is 4.98 Å². The van der Waals surface area contributed by atoms with E-state index in [-0.39, 0.29) is 25.6 Å². The van der Waals surface area contributed by atoms with Gasteiger partial charge in [0.25, 0.3) is 0 Å². The molecule has 0 fully saturated rings. The van der Waals surface area contributed by atoms with Crippen molar-refractivity contribution in [3.63, 3.8) is 0 Å². The van der Waals surface area contributed by atoms with E-state index < -0.39 is 28.5 Å². The van der Waals surface area contributed by atoms with Crippen LogP contribution < -0.4 is 4.31 Å². The first-order valence-electron chi connectivity index (χ1n) is 5.66. The number of rotatable bonds is 5. The van der Waals surface area contributed by atoms with Gasteiger partial charge in [-0.15, -0.1) is 11.3 Å². The second-order valence-electron chi connectivity index (χ2n) is 4.16. The molecule has 0 saturated heterocycles. The van der Waals surface area contributed by atoms with Gasteiger partial charge in [0.15, 0.2) is 5.69 Å². The zero-order valence-electron chi connectivity index (χ0n) is 10.9. The SMILES string of the molecule is O=C(O)c1ncsc1N(Cc1cc(Cl)cc(Cl)c1Cl)S(=O)(=O)O. The average molecular weight is 418 g/mol. The number of hydrogen-bond acceptors (Lipinski definition) is 5. The van der Waals surface area contributed by atoms with E-state index in [1.165, 1.54) is 12.1 Å². The Morgan fingerprint density at radius 3 is 2.52 bits per heavy atom. The molecule has 0 atom stereocenters. The van der Waals surface area contributed by atoms with Crippen molar-refractivity contribution in [2.75, 3.05) is 4.31 Å². The Bertz CT molecular complexity index is 869. The number of anilines is 1. The van der Waals surface area contributed by atoms with Gasteiger partial charge in [0.1, 0.15) is 5.00 Å². The summed E-state index contributed by atoms with van der Waals surface area (Å²) in [6.07, 6.45) is 0. The van der Waals surface area contributed by atoms with Crippen LogP contribution in [0.3, 0.4) is 0 Å². The van der Waals surface area contributed by atoms with E-state index >= 15 is 0 Å². The summed E-state index contributed by atoms with van der Waals surface area (Å²) in [6.45, 7) is -0.472. The molecule has 1 aromatic carbocycles. The molecule has 0 unspecified atom stereocenters. The Labute approximate surface area is 149 Å². The van der Waals surface area contributed by atoms with Gasteiger partial charge in [-0.05, 0) is 17.7 Å². The number of carboxylic acids is 1. The van der Waals surface area contributed by atoms with Crippen molar-refractivity contribution in [2.45, 2.75) is 6.54 Å². The Kier molecular flexibility index (Phi) is 5.39. The number of hydrogen-bond donors (Lipinski definition) is 2. The van der Waals surface area contributed by atoms with Gasteiger partial charge in [-0.2, -0.15) is 8.42 Å². The lowest BCUT2D eigenvalue weighted by molar-refractivity contribution is 0.0692. The van der Waals surface area contributed by atoms with E-state index in [9.17, 15) is 17.8 Å². The minimum atomic E-state index is -4.79. The number of halogens is 3. The van der Waals surface area contributed by atoms with Gasteiger partial charge in [-0.1, -0.05) is 34.8 Å². The van der Waals surface area contributed by atoms with Crippen molar-refractivity contribution in [1.29, 1.82) is 0 Å². The second kappa shape index (κ2) is 6.80. The molecule has 2 rings (SSSR count). The van der Waals surface area contributed by atoms with Crippen LogP contribution in [0.4, 0.5) is 5.00 Å². The third-order valence-electron chi connectivity index (χ3n) is 2.64. The van der Waals surface area contributed by atoms with Gasteiger partial charge in [0.05, 0.1) is 22.1 Å². The fraction of sp³-hybridized carbons (Fsp3) is 0.0909. The number of aromatic nitrogens is 1. The van der Waals surface area contributed by atoms with Gasteiger partial charge in [0.2, 0.25) is 0 Å². The van der Waals surface area contributed by atoms with Crippen LogP contribution in [-0.4, -0.2) is 29.0 Å². The summed E-state index contributed by atoms with van der Waals surface area (Å²) in [4.78, 5) is 14.7. The summed E-state index contributed by atoms with van der Waals surface area (Å²) >= 11 is 18.5. The van der Waals surface area contributed by atoms with E-state index in [0.29, 0.717) is 4.31 Å². The van der Waals surface area contributed by atoms with E-state index in [0.717, 1.165) is 16.8 Å². The standard InChI is InChI=1S/C11H7Cl3N2O5S2/c12-6-1-5(8(14)7(13)2-6)3-16(23(19,20)21)10-9(11(17)18)15-4-22-10/h1-2,4H,3H2,(H,17,18)(H,19,20,21). The van der Waals surface area contributed by atoms with Crippen LogP contribution >= 0.6 is 46.1 Å². The number of carbonyl (C=O) groups is 1. The molecule has 0 aliphatic carbocycles. The van der Waals surface area contributed by atoms with Crippen molar-refractivity contribution in [3.8, 4) is 0 Å². The third-order valence-corrected chi connectivity index (χ3v) is 5.53. The molecule has 0 spiro atoms. The first kappa shape index (κ1) is 18.2. The van der Waals surface area contributed by atoms with Gasteiger partial charge in [-0.25, -0.2) is 14.1 Å². The second-order valence-corrected chi connectivity index (χ2v) is 7.55. The molecule has 0 saturated carbocycles. The maximum atomic E-state index is 11.6. The van der Waals surface area contributed by atoms with Crippen LogP contribution in [-0.2, 0) is 16.8 Å². The summed E-state index contributed by atoms with van der Waals surface area (Å²) in [7, 11) is -4.79. The van der Waals surface area contributed by atoms with Gasteiger partial charge >= 0.3 is 16.3 Å².